The molecule has 0 spiro atoms. The van der Waals surface area contributed by atoms with Gasteiger partial charge in [-0.05, 0) is 36.9 Å². The van der Waals surface area contributed by atoms with Crippen molar-refractivity contribution < 1.29 is 4.79 Å². The molecule has 22 heavy (non-hydrogen) atoms. The number of nitrogens with one attached hydrogen (secondary N) is 2. The number of carbonyl (C=O) groups is 1. The fourth-order valence-corrected chi connectivity index (χ4v) is 3.31. The summed E-state index contributed by atoms with van der Waals surface area (Å²) in [4.78, 5) is 19.5. The van der Waals surface area contributed by atoms with Gasteiger partial charge in [0.15, 0.2) is 0 Å². The highest BCUT2D eigenvalue weighted by Crippen LogP contribution is 2.12. The van der Waals surface area contributed by atoms with Crippen molar-refractivity contribution in [1.82, 2.24) is 20.1 Å². The minimum Gasteiger partial charge on any atom is -0.335 e. The Morgan fingerprint density at radius 3 is 2.59 bits per heavy atom. The Labute approximate surface area is 135 Å². The number of hydrogen-bond donors (Lipinski definition) is 2. The molecule has 0 unspecified atom stereocenters. The third kappa shape index (κ3) is 4.03. The van der Waals surface area contributed by atoms with Crippen LogP contribution in [-0.2, 0) is 11.2 Å². The molecule has 0 aromatic heterocycles. The first-order chi connectivity index (χ1) is 10.8. The molecule has 1 amide bonds. The van der Waals surface area contributed by atoms with E-state index in [1.807, 2.05) is 10.3 Å². The van der Waals surface area contributed by atoms with Gasteiger partial charge in [-0.15, -0.1) is 0 Å². The molecule has 1 aromatic carbocycles. The Morgan fingerprint density at radius 2 is 1.91 bits per heavy atom. The summed E-state index contributed by atoms with van der Waals surface area (Å²) in [5.41, 5.74) is 4.94. The van der Waals surface area contributed by atoms with Crippen molar-refractivity contribution in [3.05, 3.63) is 47.0 Å². The summed E-state index contributed by atoms with van der Waals surface area (Å²) in [6.07, 6.45) is 2.30. The van der Waals surface area contributed by atoms with Crippen molar-refractivity contribution in [2.75, 3.05) is 32.7 Å². The number of hydrogen-bond acceptors (Lipinski definition) is 5. The van der Waals surface area contributed by atoms with E-state index < -0.39 is 0 Å². The maximum absolute atomic E-state index is 12.2. The molecule has 0 aliphatic carbocycles. The molecule has 1 aromatic rings. The first-order valence-corrected chi connectivity index (χ1v) is 8.63. The van der Waals surface area contributed by atoms with Crippen molar-refractivity contribution >= 4 is 17.9 Å². The first-order valence-electron chi connectivity index (χ1n) is 7.75. The Bertz CT molecular complexity index is 526. The molecule has 0 atom stereocenters. The molecule has 5 nitrogen and oxygen atoms in total. The number of carbonyl (C=O) groups excluding carboxylic acids is 1. The van der Waals surface area contributed by atoms with E-state index in [-0.39, 0.29) is 5.91 Å². The fraction of sp³-hybridized carbons (Fsp3) is 0.438. The molecule has 3 rings (SSSR count). The molecule has 118 valence electrons. The molecular formula is C16H22N4OS. The summed E-state index contributed by atoms with van der Waals surface area (Å²) in [5, 5.41) is 1.83. The first kappa shape index (κ1) is 15.4. The van der Waals surface area contributed by atoms with Crippen LogP contribution in [0, 0.1) is 0 Å². The van der Waals surface area contributed by atoms with Gasteiger partial charge in [-0.2, -0.15) is 4.83 Å². The second-order valence-corrected chi connectivity index (χ2v) is 6.27. The molecule has 2 heterocycles. The van der Waals surface area contributed by atoms with Gasteiger partial charge >= 0.3 is 0 Å². The van der Waals surface area contributed by atoms with E-state index in [4.69, 9.17) is 0 Å². The van der Waals surface area contributed by atoms with Crippen molar-refractivity contribution in [1.29, 1.82) is 0 Å². The number of nitrogens with zero attached hydrogens (tertiary/aromatic N) is 2. The molecule has 1 fully saturated rings. The summed E-state index contributed by atoms with van der Waals surface area (Å²) in [5.74, 6) is 0.0986. The van der Waals surface area contributed by atoms with E-state index in [2.05, 4.69) is 45.5 Å². The summed E-state index contributed by atoms with van der Waals surface area (Å²) < 4.78 is 0. The van der Waals surface area contributed by atoms with Gasteiger partial charge in [0.05, 0.1) is 0 Å². The number of benzene rings is 1. The van der Waals surface area contributed by atoms with Crippen molar-refractivity contribution in [2.24, 2.45) is 0 Å². The van der Waals surface area contributed by atoms with E-state index in [9.17, 15) is 4.79 Å². The summed E-state index contributed by atoms with van der Waals surface area (Å²) in [6.45, 7) is 4.67. The SMILES string of the molecule is O=C(C1=CSNN1)N1CCN(CCCc2ccccc2)CC1. The number of piperazine rings is 1. The van der Waals surface area contributed by atoms with Crippen molar-refractivity contribution in [2.45, 2.75) is 12.8 Å². The predicted molar refractivity (Wildman–Crippen MR) is 89.7 cm³/mol. The maximum Gasteiger partial charge on any atom is 0.271 e. The zero-order valence-electron chi connectivity index (χ0n) is 12.6. The van der Waals surface area contributed by atoms with Crippen LogP contribution in [0.3, 0.4) is 0 Å². The van der Waals surface area contributed by atoms with E-state index in [0.717, 1.165) is 39.1 Å². The average molecular weight is 318 g/mol. The van der Waals surface area contributed by atoms with Crippen LogP contribution in [0.1, 0.15) is 12.0 Å². The highest BCUT2D eigenvalue weighted by molar-refractivity contribution is 8.00. The van der Waals surface area contributed by atoms with E-state index in [1.54, 1.807) is 0 Å². The van der Waals surface area contributed by atoms with Crippen LogP contribution >= 0.6 is 11.9 Å². The number of rotatable bonds is 5. The zero-order valence-corrected chi connectivity index (χ0v) is 13.4. The molecule has 0 radical (unpaired) electrons. The van der Waals surface area contributed by atoms with Gasteiger partial charge < -0.3 is 10.3 Å². The molecule has 6 heteroatoms. The lowest BCUT2D eigenvalue weighted by Crippen LogP contribution is -2.50. The van der Waals surface area contributed by atoms with Crippen LogP contribution in [0.2, 0.25) is 0 Å². The van der Waals surface area contributed by atoms with E-state index in [1.165, 1.54) is 23.9 Å². The van der Waals surface area contributed by atoms with Gasteiger partial charge in [0, 0.05) is 31.6 Å². The Morgan fingerprint density at radius 1 is 1.14 bits per heavy atom. The summed E-state index contributed by atoms with van der Waals surface area (Å²) >= 11 is 1.40. The summed E-state index contributed by atoms with van der Waals surface area (Å²) in [7, 11) is 0. The van der Waals surface area contributed by atoms with Crippen molar-refractivity contribution in [3.8, 4) is 0 Å². The normalized spacial score (nSPS) is 18.9. The van der Waals surface area contributed by atoms with Gasteiger partial charge in [-0.3, -0.25) is 9.69 Å². The lowest BCUT2D eigenvalue weighted by molar-refractivity contribution is -0.129. The van der Waals surface area contributed by atoms with Gasteiger partial charge in [0.25, 0.3) is 5.91 Å². The third-order valence-corrected chi connectivity index (χ3v) is 4.67. The molecule has 2 aliphatic rings. The minimum atomic E-state index is 0.0986. The van der Waals surface area contributed by atoms with Crippen LogP contribution in [0.5, 0.6) is 0 Å². The standard InChI is InChI=1S/C16H22N4OS/c21-16(15-13-22-18-17-15)20-11-9-19(10-12-20)8-4-7-14-5-2-1-3-6-14/h1-3,5-6,13,17-18H,4,7-12H2. The molecule has 2 N–H and O–H groups in total. The van der Waals surface area contributed by atoms with Crippen LogP contribution in [0.25, 0.3) is 0 Å². The topological polar surface area (TPSA) is 47.6 Å². The average Bonchev–Trinajstić information content (AvgIpc) is 3.10. The monoisotopic (exact) mass is 318 g/mol. The largest absolute Gasteiger partial charge is 0.335 e. The number of hydrazine groups is 1. The second-order valence-electron chi connectivity index (χ2n) is 5.60. The maximum atomic E-state index is 12.2. The lowest BCUT2D eigenvalue weighted by Gasteiger charge is -2.34. The molecule has 0 bridgehead atoms. The fourth-order valence-electron chi connectivity index (χ4n) is 2.80. The van der Waals surface area contributed by atoms with E-state index in [0.29, 0.717) is 5.70 Å². The minimum absolute atomic E-state index is 0.0986. The predicted octanol–water partition coefficient (Wildman–Crippen LogP) is 1.36. The van der Waals surface area contributed by atoms with Crippen molar-refractivity contribution in [3.63, 3.8) is 0 Å². The second kappa shape index (κ2) is 7.67. The van der Waals surface area contributed by atoms with Crippen LogP contribution in [0.4, 0.5) is 0 Å². The van der Waals surface area contributed by atoms with Gasteiger partial charge in [-0.1, -0.05) is 30.3 Å². The van der Waals surface area contributed by atoms with Crippen LogP contribution < -0.4 is 10.3 Å². The summed E-state index contributed by atoms with van der Waals surface area (Å²) in [6, 6.07) is 10.6. The smallest absolute Gasteiger partial charge is 0.271 e. The number of aryl methyl sites for hydroxylation is 1. The Hall–Kier alpha value is -1.50. The van der Waals surface area contributed by atoms with Crippen LogP contribution in [-0.4, -0.2) is 48.4 Å². The highest BCUT2D eigenvalue weighted by atomic mass is 32.2. The Kier molecular flexibility index (Phi) is 5.37. The number of amides is 1. The lowest BCUT2D eigenvalue weighted by atomic mass is 10.1. The molecule has 2 aliphatic heterocycles. The molecule has 0 saturated carbocycles. The Balaban J connectivity index is 1.37. The molecular weight excluding hydrogens is 296 g/mol. The zero-order chi connectivity index (χ0) is 15.2. The van der Waals surface area contributed by atoms with Crippen LogP contribution in [0.15, 0.2) is 41.4 Å². The van der Waals surface area contributed by atoms with Gasteiger partial charge in [-0.25, -0.2) is 0 Å². The third-order valence-electron chi connectivity index (χ3n) is 4.09. The van der Waals surface area contributed by atoms with E-state index >= 15 is 0 Å². The van der Waals surface area contributed by atoms with Gasteiger partial charge in [0.1, 0.15) is 5.70 Å². The molecule has 1 saturated heterocycles. The van der Waals surface area contributed by atoms with Gasteiger partial charge in [0.2, 0.25) is 0 Å². The quantitative estimate of drug-likeness (QED) is 0.803. The highest BCUT2D eigenvalue weighted by Gasteiger charge is 2.24.